The molecule has 0 saturated carbocycles. The highest BCUT2D eigenvalue weighted by Crippen LogP contribution is 2.34. The zero-order valence-corrected chi connectivity index (χ0v) is 17.7. The number of rotatable bonds is 9. The fraction of sp³-hybridized carbons (Fsp3) is 0.381. The van der Waals surface area contributed by atoms with Crippen LogP contribution in [0.4, 0.5) is 18.9 Å². The first-order valence-electron chi connectivity index (χ1n) is 9.36. The maximum absolute atomic E-state index is 12.9. The Bertz CT molecular complexity index is 875. The number of anilines is 1. The summed E-state index contributed by atoms with van der Waals surface area (Å²) in [6.45, 7) is 5.26. The average molecular weight is 445 g/mol. The van der Waals surface area contributed by atoms with Crippen LogP contribution in [0.3, 0.4) is 0 Å². The number of alkyl halides is 3. The van der Waals surface area contributed by atoms with Gasteiger partial charge in [-0.15, -0.1) is 0 Å². The van der Waals surface area contributed by atoms with E-state index in [9.17, 15) is 18.0 Å². The molecule has 0 heterocycles. The number of nitrogens with one attached hydrogen (secondary N) is 1. The van der Waals surface area contributed by atoms with Crippen LogP contribution >= 0.6 is 11.6 Å². The van der Waals surface area contributed by atoms with Crippen LogP contribution in [0.25, 0.3) is 0 Å². The molecule has 0 fully saturated rings. The van der Waals surface area contributed by atoms with Crippen LogP contribution in [0.1, 0.15) is 25.0 Å². The lowest BCUT2D eigenvalue weighted by Crippen LogP contribution is -2.32. The van der Waals surface area contributed by atoms with Gasteiger partial charge in [0.1, 0.15) is 0 Å². The van der Waals surface area contributed by atoms with Crippen molar-refractivity contribution in [3.05, 3.63) is 52.5 Å². The van der Waals surface area contributed by atoms with Crippen LogP contribution in [0.15, 0.2) is 36.4 Å². The Balaban J connectivity index is 2.07. The van der Waals surface area contributed by atoms with Crippen molar-refractivity contribution in [2.24, 2.45) is 0 Å². The third-order valence-electron chi connectivity index (χ3n) is 4.32. The van der Waals surface area contributed by atoms with Gasteiger partial charge in [-0.3, -0.25) is 9.69 Å². The summed E-state index contributed by atoms with van der Waals surface area (Å²) in [6.07, 6.45) is -4.52. The van der Waals surface area contributed by atoms with Gasteiger partial charge in [0.15, 0.2) is 11.5 Å². The van der Waals surface area contributed by atoms with E-state index in [1.165, 1.54) is 0 Å². The average Bonchev–Trinajstić information content (AvgIpc) is 2.69. The second-order valence-corrected chi connectivity index (χ2v) is 6.87. The van der Waals surface area contributed by atoms with Crippen molar-refractivity contribution < 1.29 is 27.4 Å². The molecule has 2 aromatic carbocycles. The molecule has 30 heavy (non-hydrogen) atoms. The van der Waals surface area contributed by atoms with Crippen molar-refractivity contribution in [2.45, 2.75) is 26.6 Å². The Morgan fingerprint density at radius 2 is 1.87 bits per heavy atom. The largest absolute Gasteiger partial charge is 0.493 e. The summed E-state index contributed by atoms with van der Waals surface area (Å²) >= 11 is 5.94. The number of methoxy groups -OCH3 is 1. The van der Waals surface area contributed by atoms with E-state index in [1.807, 2.05) is 30.9 Å². The minimum absolute atomic E-state index is 0.0153. The van der Waals surface area contributed by atoms with Crippen LogP contribution in [-0.4, -0.2) is 37.6 Å². The summed E-state index contributed by atoms with van der Waals surface area (Å²) in [5.41, 5.74) is -0.0478. The highest BCUT2D eigenvalue weighted by atomic mass is 35.5. The maximum atomic E-state index is 12.9. The van der Waals surface area contributed by atoms with Crippen molar-refractivity contribution in [1.29, 1.82) is 0 Å². The summed E-state index contributed by atoms with van der Waals surface area (Å²) in [5, 5.41) is 2.50. The zero-order chi connectivity index (χ0) is 22.3. The number of amides is 1. The normalized spacial score (nSPS) is 11.5. The fourth-order valence-electron chi connectivity index (χ4n) is 2.81. The molecule has 0 saturated heterocycles. The monoisotopic (exact) mass is 444 g/mol. The molecule has 0 aromatic heterocycles. The van der Waals surface area contributed by atoms with Crippen LogP contribution in [0, 0.1) is 0 Å². The number of carbonyl (C=O) groups excluding carboxylic acids is 1. The smallest absolute Gasteiger partial charge is 0.416 e. The molecule has 0 bridgehead atoms. The van der Waals surface area contributed by atoms with Gasteiger partial charge in [-0.05, 0) is 49.4 Å². The van der Waals surface area contributed by atoms with E-state index in [4.69, 9.17) is 21.1 Å². The summed E-state index contributed by atoms with van der Waals surface area (Å²) in [6, 6.07) is 8.31. The Morgan fingerprint density at radius 1 is 1.13 bits per heavy atom. The van der Waals surface area contributed by atoms with E-state index in [2.05, 4.69) is 5.32 Å². The quantitative estimate of drug-likeness (QED) is 0.575. The lowest BCUT2D eigenvalue weighted by atomic mass is 10.1. The molecule has 0 radical (unpaired) electrons. The number of nitrogens with zero attached hydrogens (tertiary/aromatic N) is 1. The maximum Gasteiger partial charge on any atom is 0.416 e. The van der Waals surface area contributed by atoms with Crippen LogP contribution in [-0.2, 0) is 17.5 Å². The summed E-state index contributed by atoms with van der Waals surface area (Å²) in [4.78, 5) is 14.2. The van der Waals surface area contributed by atoms with Crippen molar-refractivity contribution in [3.63, 3.8) is 0 Å². The molecule has 0 atom stereocenters. The first kappa shape index (κ1) is 23.8. The number of hydrogen-bond acceptors (Lipinski definition) is 4. The predicted octanol–water partition coefficient (Wildman–Crippen LogP) is 5.23. The van der Waals surface area contributed by atoms with Crippen molar-refractivity contribution in [1.82, 2.24) is 4.90 Å². The molecule has 0 aliphatic carbocycles. The molecule has 9 heteroatoms. The molecule has 0 aliphatic rings. The summed E-state index contributed by atoms with van der Waals surface area (Å²) in [5.74, 6) is 0.755. The first-order valence-corrected chi connectivity index (χ1v) is 9.74. The number of halogens is 4. The second-order valence-electron chi connectivity index (χ2n) is 6.46. The van der Waals surface area contributed by atoms with Crippen molar-refractivity contribution >= 4 is 23.2 Å². The third kappa shape index (κ3) is 6.53. The van der Waals surface area contributed by atoms with Gasteiger partial charge >= 0.3 is 6.18 Å². The number of ether oxygens (including phenoxy) is 2. The highest BCUT2D eigenvalue weighted by molar-refractivity contribution is 6.33. The summed E-state index contributed by atoms with van der Waals surface area (Å²) < 4.78 is 49.5. The van der Waals surface area contributed by atoms with Gasteiger partial charge < -0.3 is 14.8 Å². The van der Waals surface area contributed by atoms with E-state index in [0.717, 1.165) is 23.8 Å². The van der Waals surface area contributed by atoms with Crippen LogP contribution < -0.4 is 14.8 Å². The number of hydrogen-bond donors (Lipinski definition) is 1. The van der Waals surface area contributed by atoms with Crippen LogP contribution in [0.5, 0.6) is 11.5 Å². The molecule has 0 spiro atoms. The van der Waals surface area contributed by atoms with Gasteiger partial charge in [0, 0.05) is 6.54 Å². The number of likely N-dealkylation sites (N-methyl/N-ethyl adjacent to an activating group) is 1. The fourth-order valence-corrected chi connectivity index (χ4v) is 2.98. The Hall–Kier alpha value is -2.45. The van der Waals surface area contributed by atoms with E-state index in [0.29, 0.717) is 31.2 Å². The van der Waals surface area contributed by atoms with Gasteiger partial charge in [-0.2, -0.15) is 13.2 Å². The zero-order valence-electron chi connectivity index (χ0n) is 17.0. The molecule has 1 N–H and O–H groups in total. The second kappa shape index (κ2) is 10.5. The van der Waals surface area contributed by atoms with E-state index >= 15 is 0 Å². The van der Waals surface area contributed by atoms with Crippen molar-refractivity contribution in [3.8, 4) is 11.5 Å². The molecule has 0 unspecified atom stereocenters. The van der Waals surface area contributed by atoms with E-state index < -0.39 is 17.6 Å². The number of benzene rings is 2. The van der Waals surface area contributed by atoms with Crippen LogP contribution in [0.2, 0.25) is 5.02 Å². The molecule has 5 nitrogen and oxygen atoms in total. The standard InChI is InChI=1S/C21H24ClF3N2O3/c1-4-27(12-14-6-9-18(30-5-2)19(10-14)29-3)13-20(28)26-17-11-15(21(23,24)25)7-8-16(17)22/h6-11H,4-5,12-13H2,1-3H3,(H,26,28). The lowest BCUT2D eigenvalue weighted by molar-refractivity contribution is -0.137. The molecule has 2 rings (SSSR count). The predicted molar refractivity (Wildman–Crippen MR) is 110 cm³/mol. The summed E-state index contributed by atoms with van der Waals surface area (Å²) in [7, 11) is 1.55. The van der Waals surface area contributed by atoms with E-state index in [-0.39, 0.29) is 17.3 Å². The lowest BCUT2D eigenvalue weighted by Gasteiger charge is -2.21. The highest BCUT2D eigenvalue weighted by Gasteiger charge is 2.31. The molecule has 2 aromatic rings. The van der Waals surface area contributed by atoms with Gasteiger partial charge in [-0.25, -0.2) is 0 Å². The third-order valence-corrected chi connectivity index (χ3v) is 4.65. The Morgan fingerprint density at radius 3 is 2.47 bits per heavy atom. The Labute approximate surface area is 178 Å². The van der Waals surface area contributed by atoms with Gasteiger partial charge in [-0.1, -0.05) is 24.6 Å². The topological polar surface area (TPSA) is 50.8 Å². The molecule has 0 aliphatic heterocycles. The Kier molecular flexibility index (Phi) is 8.37. The minimum Gasteiger partial charge on any atom is -0.493 e. The van der Waals surface area contributed by atoms with Gasteiger partial charge in [0.05, 0.1) is 36.5 Å². The van der Waals surface area contributed by atoms with Gasteiger partial charge in [0.25, 0.3) is 0 Å². The SMILES string of the molecule is CCOc1ccc(CN(CC)CC(=O)Nc2cc(C(F)(F)F)ccc2Cl)cc1OC. The molecular weight excluding hydrogens is 421 g/mol. The molecule has 1 amide bonds. The minimum atomic E-state index is -4.52. The van der Waals surface area contributed by atoms with Crippen molar-refractivity contribution in [2.75, 3.05) is 32.1 Å². The molecular formula is C21H24ClF3N2O3. The van der Waals surface area contributed by atoms with E-state index in [1.54, 1.807) is 13.2 Å². The first-order chi connectivity index (χ1) is 14.2. The molecule has 164 valence electrons. The van der Waals surface area contributed by atoms with Gasteiger partial charge in [0.2, 0.25) is 5.91 Å². The number of carbonyl (C=O) groups is 1.